The Kier molecular flexibility index (Phi) is 7.99. The summed E-state index contributed by atoms with van der Waals surface area (Å²) in [4.78, 5) is 38.1. The van der Waals surface area contributed by atoms with Gasteiger partial charge in [0.2, 0.25) is 0 Å². The summed E-state index contributed by atoms with van der Waals surface area (Å²) in [6.07, 6.45) is 1.62. The zero-order valence-electron chi connectivity index (χ0n) is 21.2. The highest BCUT2D eigenvalue weighted by Gasteiger charge is 2.24. The fraction of sp³-hybridized carbons (Fsp3) is 0.462. The number of amides is 1. The molecule has 1 N–H and O–H groups in total. The second-order valence-corrected chi connectivity index (χ2v) is 10.1. The van der Waals surface area contributed by atoms with E-state index in [1.54, 1.807) is 33.8 Å². The molecule has 188 valence electrons. The minimum absolute atomic E-state index is 0.0998. The molecule has 0 fully saturated rings. The molecule has 0 spiro atoms. The van der Waals surface area contributed by atoms with Crippen LogP contribution in [0.1, 0.15) is 69.7 Å². The molecule has 2 heterocycles. The Morgan fingerprint density at radius 1 is 1.14 bits per heavy atom. The smallest absolute Gasteiger partial charge is 0.408 e. The number of alkyl carbamates (subject to hydrolysis) is 1. The predicted molar refractivity (Wildman–Crippen MR) is 132 cm³/mol. The third-order valence-electron chi connectivity index (χ3n) is 5.25. The van der Waals surface area contributed by atoms with E-state index in [9.17, 15) is 14.4 Å². The minimum Gasteiger partial charge on any atom is -0.444 e. The largest absolute Gasteiger partial charge is 0.444 e. The Balaban J connectivity index is 1.84. The molecule has 0 bridgehead atoms. The molecule has 1 atom stereocenters. The lowest BCUT2D eigenvalue weighted by Crippen LogP contribution is -2.41. The normalized spacial score (nSPS) is 12.5. The summed E-state index contributed by atoms with van der Waals surface area (Å²) < 4.78 is 13.5. The maximum atomic E-state index is 13.1. The monoisotopic (exact) mass is 482 g/mol. The molecule has 35 heavy (non-hydrogen) atoms. The van der Waals surface area contributed by atoms with E-state index in [2.05, 4.69) is 10.5 Å². The molecule has 0 aliphatic rings. The third-order valence-corrected chi connectivity index (χ3v) is 5.25. The average molecular weight is 483 g/mol. The molecule has 9 nitrogen and oxygen atoms in total. The fourth-order valence-electron chi connectivity index (χ4n) is 3.73. The van der Waals surface area contributed by atoms with E-state index >= 15 is 0 Å². The fourth-order valence-corrected chi connectivity index (χ4v) is 3.73. The zero-order valence-corrected chi connectivity index (χ0v) is 21.2. The Labute approximate surface area is 204 Å². The Bertz CT molecular complexity index is 1270. The van der Waals surface area contributed by atoms with Crippen molar-refractivity contribution >= 4 is 6.09 Å². The van der Waals surface area contributed by atoms with E-state index in [0.29, 0.717) is 23.4 Å². The number of carbonyl (C=O) groups is 1. The number of aryl methyl sites for hydroxylation is 1. The first kappa shape index (κ1) is 26.0. The topological polar surface area (TPSA) is 108 Å². The molecule has 0 aliphatic carbocycles. The quantitative estimate of drug-likeness (QED) is 0.520. The van der Waals surface area contributed by atoms with Crippen molar-refractivity contribution in [1.29, 1.82) is 0 Å². The Morgan fingerprint density at radius 3 is 2.46 bits per heavy atom. The predicted octanol–water partition coefficient (Wildman–Crippen LogP) is 4.01. The Morgan fingerprint density at radius 2 is 1.83 bits per heavy atom. The lowest BCUT2D eigenvalue weighted by molar-refractivity contribution is 0.0495. The number of benzene rings is 1. The summed E-state index contributed by atoms with van der Waals surface area (Å²) in [7, 11) is 0. The number of nitrogens with zero attached hydrogens (tertiary/aromatic N) is 3. The van der Waals surface area contributed by atoms with Crippen LogP contribution < -0.4 is 16.6 Å². The van der Waals surface area contributed by atoms with Crippen LogP contribution in [0.2, 0.25) is 0 Å². The molecule has 3 rings (SSSR count). The van der Waals surface area contributed by atoms with Gasteiger partial charge in [0, 0.05) is 17.8 Å². The molecule has 0 saturated carbocycles. The number of ether oxygens (including phenoxy) is 1. The lowest BCUT2D eigenvalue weighted by atomic mass is 10.0. The summed E-state index contributed by atoms with van der Waals surface area (Å²) in [6.45, 7) is 11.4. The van der Waals surface area contributed by atoms with E-state index in [1.165, 1.54) is 15.3 Å². The summed E-state index contributed by atoms with van der Waals surface area (Å²) in [5.74, 6) is 0.716. The van der Waals surface area contributed by atoms with Crippen molar-refractivity contribution < 1.29 is 14.1 Å². The van der Waals surface area contributed by atoms with Crippen LogP contribution in [0.25, 0.3) is 0 Å². The number of carbonyl (C=O) groups excluding carboxylic acids is 1. The molecule has 2 aromatic heterocycles. The van der Waals surface area contributed by atoms with Crippen molar-refractivity contribution in [3.05, 3.63) is 86.0 Å². The van der Waals surface area contributed by atoms with E-state index in [-0.39, 0.29) is 24.6 Å². The van der Waals surface area contributed by atoms with Gasteiger partial charge in [0.1, 0.15) is 11.3 Å². The highest BCUT2D eigenvalue weighted by molar-refractivity contribution is 5.68. The SMILES string of the molecule is Cc1cn(Cc2cc([C@H](CC(C)C)NC(=O)OC(C)(C)C)no2)c(=O)n(Cc2ccccc2)c1=O. The van der Waals surface area contributed by atoms with Crippen LogP contribution in [0.4, 0.5) is 4.79 Å². The number of nitrogens with one attached hydrogen (secondary N) is 1. The van der Waals surface area contributed by atoms with Gasteiger partial charge < -0.3 is 14.6 Å². The van der Waals surface area contributed by atoms with Crippen molar-refractivity contribution in [3.63, 3.8) is 0 Å². The van der Waals surface area contributed by atoms with E-state index in [4.69, 9.17) is 9.26 Å². The van der Waals surface area contributed by atoms with Gasteiger partial charge >= 0.3 is 11.8 Å². The van der Waals surface area contributed by atoms with E-state index in [0.717, 1.165) is 5.56 Å². The first-order chi connectivity index (χ1) is 16.4. The molecule has 0 saturated heterocycles. The van der Waals surface area contributed by atoms with Crippen LogP contribution in [0.5, 0.6) is 0 Å². The van der Waals surface area contributed by atoms with Crippen LogP contribution in [0.3, 0.4) is 0 Å². The number of aromatic nitrogens is 3. The van der Waals surface area contributed by atoms with Gasteiger partial charge in [-0.1, -0.05) is 49.3 Å². The molecule has 1 aromatic carbocycles. The van der Waals surface area contributed by atoms with Crippen molar-refractivity contribution in [2.45, 2.75) is 72.7 Å². The van der Waals surface area contributed by atoms with Gasteiger partial charge in [-0.05, 0) is 45.6 Å². The van der Waals surface area contributed by atoms with Gasteiger partial charge in [0.05, 0.1) is 19.1 Å². The molecule has 0 unspecified atom stereocenters. The zero-order chi connectivity index (χ0) is 25.8. The summed E-state index contributed by atoms with van der Waals surface area (Å²) >= 11 is 0. The first-order valence-electron chi connectivity index (χ1n) is 11.7. The molecule has 0 radical (unpaired) electrons. The average Bonchev–Trinajstić information content (AvgIpc) is 3.22. The number of rotatable bonds is 8. The van der Waals surface area contributed by atoms with Crippen LogP contribution in [-0.4, -0.2) is 26.0 Å². The van der Waals surface area contributed by atoms with Crippen LogP contribution in [-0.2, 0) is 17.8 Å². The van der Waals surface area contributed by atoms with Gasteiger partial charge in [-0.15, -0.1) is 0 Å². The number of hydrogen-bond acceptors (Lipinski definition) is 6. The highest BCUT2D eigenvalue weighted by atomic mass is 16.6. The summed E-state index contributed by atoms with van der Waals surface area (Å²) in [5.41, 5.74) is 0.463. The third kappa shape index (κ3) is 7.18. The van der Waals surface area contributed by atoms with Crippen LogP contribution >= 0.6 is 0 Å². The molecule has 9 heteroatoms. The Hall–Kier alpha value is -3.62. The van der Waals surface area contributed by atoms with Gasteiger partial charge in [0.15, 0.2) is 5.76 Å². The van der Waals surface area contributed by atoms with Crippen molar-refractivity contribution in [1.82, 2.24) is 19.6 Å². The van der Waals surface area contributed by atoms with Crippen molar-refractivity contribution in [2.75, 3.05) is 0 Å². The molecule has 1 amide bonds. The first-order valence-corrected chi connectivity index (χ1v) is 11.7. The lowest BCUT2D eigenvalue weighted by Gasteiger charge is -2.23. The minimum atomic E-state index is -0.622. The van der Waals surface area contributed by atoms with Crippen molar-refractivity contribution in [2.24, 2.45) is 5.92 Å². The second-order valence-electron chi connectivity index (χ2n) is 10.1. The van der Waals surface area contributed by atoms with Crippen LogP contribution in [0.15, 0.2) is 56.7 Å². The van der Waals surface area contributed by atoms with Crippen molar-refractivity contribution in [3.8, 4) is 0 Å². The van der Waals surface area contributed by atoms with Gasteiger partial charge in [-0.3, -0.25) is 13.9 Å². The van der Waals surface area contributed by atoms with Gasteiger partial charge in [0.25, 0.3) is 5.56 Å². The standard InChI is InChI=1S/C26H34N4O5/c1-17(2)12-21(27-24(32)34-26(4,5)6)22-13-20(35-28-22)16-29-14-18(3)23(31)30(25(29)33)15-19-10-8-7-9-11-19/h7-11,13-14,17,21H,12,15-16H2,1-6H3,(H,27,32)/t21-/m0/s1. The maximum Gasteiger partial charge on any atom is 0.408 e. The summed E-state index contributed by atoms with van der Waals surface area (Å²) in [5, 5.41) is 7.01. The highest BCUT2D eigenvalue weighted by Crippen LogP contribution is 2.22. The van der Waals surface area contributed by atoms with E-state index in [1.807, 2.05) is 44.2 Å². The molecular weight excluding hydrogens is 448 g/mol. The maximum absolute atomic E-state index is 13.1. The molecule has 3 aromatic rings. The van der Waals surface area contributed by atoms with Gasteiger partial charge in [-0.25, -0.2) is 9.59 Å². The van der Waals surface area contributed by atoms with E-state index < -0.39 is 23.4 Å². The second kappa shape index (κ2) is 10.8. The summed E-state index contributed by atoms with van der Waals surface area (Å²) in [6, 6.07) is 10.7. The van der Waals surface area contributed by atoms with Gasteiger partial charge in [-0.2, -0.15) is 0 Å². The molecule has 0 aliphatic heterocycles. The molecular formula is C26H34N4O5. The van der Waals surface area contributed by atoms with Crippen LogP contribution in [0, 0.1) is 12.8 Å². The number of hydrogen-bond donors (Lipinski definition) is 1.